The number of rotatable bonds is 3. The Morgan fingerprint density at radius 1 is 1.89 bits per heavy atom. The average Bonchev–Trinajstić information content (AvgIpc) is 1.86. The summed E-state index contributed by atoms with van der Waals surface area (Å²) in [5, 5.41) is 0. The summed E-state index contributed by atoms with van der Waals surface area (Å²) in [4.78, 5) is 0. The van der Waals surface area contributed by atoms with E-state index in [0.717, 1.165) is 13.2 Å². The zero-order valence-electron chi connectivity index (χ0n) is 5.67. The van der Waals surface area contributed by atoms with Crippen LogP contribution in [0.1, 0.15) is 6.92 Å². The Bertz CT molecular complexity index is 101. The lowest BCUT2D eigenvalue weighted by Crippen LogP contribution is -2.39. The van der Waals surface area contributed by atoms with Gasteiger partial charge in [0.05, 0.1) is 25.6 Å². The number of hydrogen-bond donors (Lipinski definition) is 0. The second-order valence-corrected chi connectivity index (χ2v) is 2.30. The molecule has 0 aromatic heterocycles. The summed E-state index contributed by atoms with van der Waals surface area (Å²) < 4.78 is 10.1. The molecule has 1 saturated heterocycles. The van der Waals surface area contributed by atoms with Crippen molar-refractivity contribution < 1.29 is 9.47 Å². The van der Waals surface area contributed by atoms with Gasteiger partial charge in [-0.05, 0) is 6.92 Å². The molecular formula is C7H12O2. The van der Waals surface area contributed by atoms with Crippen LogP contribution < -0.4 is 0 Å². The molecule has 2 heteroatoms. The Kier molecular flexibility index (Phi) is 2.11. The van der Waals surface area contributed by atoms with E-state index in [1.54, 1.807) is 0 Å². The van der Waals surface area contributed by atoms with Crippen molar-refractivity contribution in [3.05, 3.63) is 12.8 Å². The molecule has 0 saturated carbocycles. The molecule has 0 radical (unpaired) electrons. The molecule has 0 aliphatic carbocycles. The van der Waals surface area contributed by atoms with Crippen LogP contribution in [0, 0.1) is 5.92 Å². The van der Waals surface area contributed by atoms with Crippen LogP contribution in [-0.2, 0) is 9.47 Å². The lowest BCUT2D eigenvalue weighted by molar-refractivity contribution is -0.121. The fraction of sp³-hybridized carbons (Fsp3) is 0.714. The van der Waals surface area contributed by atoms with Crippen LogP contribution in [0.2, 0.25) is 0 Å². The maximum Gasteiger partial charge on any atom is 0.0948 e. The first kappa shape index (κ1) is 6.62. The van der Waals surface area contributed by atoms with Gasteiger partial charge in [0.25, 0.3) is 0 Å². The van der Waals surface area contributed by atoms with E-state index in [1.165, 1.54) is 6.26 Å². The summed E-state index contributed by atoms with van der Waals surface area (Å²) in [5.41, 5.74) is 0. The summed E-state index contributed by atoms with van der Waals surface area (Å²) in [6, 6.07) is 0. The van der Waals surface area contributed by atoms with Crippen molar-refractivity contribution in [2.24, 2.45) is 5.92 Å². The van der Waals surface area contributed by atoms with Crippen LogP contribution in [0.5, 0.6) is 0 Å². The van der Waals surface area contributed by atoms with Crippen molar-refractivity contribution in [3.63, 3.8) is 0 Å². The predicted molar refractivity (Wildman–Crippen MR) is 35.1 cm³/mol. The minimum atomic E-state index is 0.380. The van der Waals surface area contributed by atoms with Gasteiger partial charge in [0, 0.05) is 5.92 Å². The zero-order valence-corrected chi connectivity index (χ0v) is 5.67. The summed E-state index contributed by atoms with van der Waals surface area (Å²) in [6.45, 7) is 7.11. The Hall–Kier alpha value is -0.500. The monoisotopic (exact) mass is 128 g/mol. The minimum Gasteiger partial charge on any atom is -0.501 e. The SMILES string of the molecule is C=COCC1COC1C. The van der Waals surface area contributed by atoms with E-state index in [9.17, 15) is 0 Å². The Labute approximate surface area is 55.5 Å². The maximum absolute atomic E-state index is 5.13. The lowest BCUT2D eigenvalue weighted by atomic mass is 10.0. The van der Waals surface area contributed by atoms with Gasteiger partial charge in [0.2, 0.25) is 0 Å². The normalized spacial score (nSPS) is 33.0. The van der Waals surface area contributed by atoms with Crippen molar-refractivity contribution in [1.29, 1.82) is 0 Å². The molecule has 0 aromatic carbocycles. The van der Waals surface area contributed by atoms with E-state index in [4.69, 9.17) is 9.47 Å². The molecule has 1 fully saturated rings. The van der Waals surface area contributed by atoms with Gasteiger partial charge >= 0.3 is 0 Å². The van der Waals surface area contributed by atoms with Gasteiger partial charge in [-0.15, -0.1) is 0 Å². The van der Waals surface area contributed by atoms with Crippen molar-refractivity contribution in [2.45, 2.75) is 13.0 Å². The molecule has 2 nitrogen and oxygen atoms in total. The summed E-state index contributed by atoms with van der Waals surface area (Å²) in [7, 11) is 0. The summed E-state index contributed by atoms with van der Waals surface area (Å²) in [5.74, 6) is 0.586. The van der Waals surface area contributed by atoms with Crippen LogP contribution in [0.25, 0.3) is 0 Å². The third-order valence-corrected chi connectivity index (χ3v) is 1.67. The van der Waals surface area contributed by atoms with E-state index < -0.39 is 0 Å². The third kappa shape index (κ3) is 1.45. The van der Waals surface area contributed by atoms with E-state index in [1.807, 2.05) is 0 Å². The molecule has 9 heavy (non-hydrogen) atoms. The lowest BCUT2D eigenvalue weighted by Gasteiger charge is -2.33. The van der Waals surface area contributed by atoms with Gasteiger partial charge in [0.15, 0.2) is 0 Å². The van der Waals surface area contributed by atoms with Crippen LogP contribution in [0.3, 0.4) is 0 Å². The highest BCUT2D eigenvalue weighted by Crippen LogP contribution is 2.19. The Balaban J connectivity index is 2.06. The first-order chi connectivity index (χ1) is 4.34. The van der Waals surface area contributed by atoms with Crippen molar-refractivity contribution in [2.75, 3.05) is 13.2 Å². The zero-order chi connectivity index (χ0) is 6.69. The van der Waals surface area contributed by atoms with E-state index in [0.29, 0.717) is 12.0 Å². The van der Waals surface area contributed by atoms with Crippen LogP contribution in [0.15, 0.2) is 12.8 Å². The minimum absolute atomic E-state index is 0.380. The molecule has 52 valence electrons. The smallest absolute Gasteiger partial charge is 0.0948 e. The summed E-state index contributed by atoms with van der Waals surface area (Å²) >= 11 is 0. The molecule has 1 rings (SSSR count). The average molecular weight is 128 g/mol. The van der Waals surface area contributed by atoms with Crippen LogP contribution >= 0.6 is 0 Å². The Morgan fingerprint density at radius 3 is 3.00 bits per heavy atom. The van der Waals surface area contributed by atoms with Crippen molar-refractivity contribution in [3.8, 4) is 0 Å². The quantitative estimate of drug-likeness (QED) is 0.531. The van der Waals surface area contributed by atoms with Gasteiger partial charge in [-0.1, -0.05) is 6.58 Å². The Morgan fingerprint density at radius 2 is 2.67 bits per heavy atom. The van der Waals surface area contributed by atoms with Crippen LogP contribution in [-0.4, -0.2) is 19.3 Å². The molecule has 0 N–H and O–H groups in total. The largest absolute Gasteiger partial charge is 0.501 e. The van der Waals surface area contributed by atoms with Crippen molar-refractivity contribution in [1.82, 2.24) is 0 Å². The molecule has 0 spiro atoms. The molecular weight excluding hydrogens is 116 g/mol. The van der Waals surface area contributed by atoms with Gasteiger partial charge in [0.1, 0.15) is 0 Å². The van der Waals surface area contributed by atoms with Gasteiger partial charge in [-0.2, -0.15) is 0 Å². The molecule has 0 aromatic rings. The third-order valence-electron chi connectivity index (χ3n) is 1.67. The molecule has 0 amide bonds. The summed E-state index contributed by atoms with van der Waals surface area (Å²) in [6.07, 6.45) is 1.86. The topological polar surface area (TPSA) is 18.5 Å². The standard InChI is InChI=1S/C7H12O2/c1-3-8-4-7-5-9-6(7)2/h3,6-7H,1,4-5H2,2H3. The highest BCUT2D eigenvalue weighted by molar-refractivity contribution is 4.74. The van der Waals surface area contributed by atoms with Crippen molar-refractivity contribution >= 4 is 0 Å². The highest BCUT2D eigenvalue weighted by Gasteiger charge is 2.27. The molecule has 0 bridgehead atoms. The van der Waals surface area contributed by atoms with E-state index in [2.05, 4.69) is 13.5 Å². The second kappa shape index (κ2) is 2.87. The van der Waals surface area contributed by atoms with E-state index >= 15 is 0 Å². The van der Waals surface area contributed by atoms with E-state index in [-0.39, 0.29) is 0 Å². The highest BCUT2D eigenvalue weighted by atomic mass is 16.5. The van der Waals surface area contributed by atoms with Gasteiger partial charge in [-0.25, -0.2) is 0 Å². The second-order valence-electron chi connectivity index (χ2n) is 2.30. The fourth-order valence-electron chi connectivity index (χ4n) is 0.800. The number of ether oxygens (including phenoxy) is 2. The predicted octanol–water partition coefficient (Wildman–Crippen LogP) is 1.18. The fourth-order valence-corrected chi connectivity index (χ4v) is 0.800. The first-order valence-corrected chi connectivity index (χ1v) is 3.18. The molecule has 2 unspecified atom stereocenters. The van der Waals surface area contributed by atoms with Gasteiger partial charge in [-0.3, -0.25) is 0 Å². The first-order valence-electron chi connectivity index (χ1n) is 3.18. The van der Waals surface area contributed by atoms with Crippen LogP contribution in [0.4, 0.5) is 0 Å². The molecule has 1 heterocycles. The molecule has 1 aliphatic rings. The molecule has 2 atom stereocenters. The molecule has 1 aliphatic heterocycles. The maximum atomic E-state index is 5.13. The van der Waals surface area contributed by atoms with Gasteiger partial charge < -0.3 is 9.47 Å². The number of hydrogen-bond acceptors (Lipinski definition) is 2.